The molecule has 2 rings (SSSR count). The van der Waals surface area contributed by atoms with Crippen molar-refractivity contribution in [2.24, 2.45) is 10.8 Å². The average Bonchev–Trinajstić information content (AvgIpc) is 2.73. The van der Waals surface area contributed by atoms with Crippen LogP contribution in [-0.4, -0.2) is 0 Å². The second-order valence-corrected chi connectivity index (χ2v) is 11.8. The third-order valence-electron chi connectivity index (χ3n) is 7.31. The van der Waals surface area contributed by atoms with Crippen molar-refractivity contribution in [3.63, 3.8) is 0 Å². The number of unbranched alkanes of at least 4 members (excludes halogenated alkanes) is 1. The molecular weight excluding hydrogens is 410 g/mol. The molecule has 0 aliphatic heterocycles. The summed E-state index contributed by atoms with van der Waals surface area (Å²) in [5.74, 6) is -1.45. The lowest BCUT2D eigenvalue weighted by atomic mass is 9.66. The monoisotopic (exact) mass is 454 g/mol. The van der Waals surface area contributed by atoms with E-state index in [0.717, 1.165) is 36.8 Å². The van der Waals surface area contributed by atoms with Gasteiger partial charge in [0.15, 0.2) is 11.6 Å². The number of rotatable bonds is 9. The van der Waals surface area contributed by atoms with Crippen molar-refractivity contribution in [1.29, 1.82) is 0 Å². The van der Waals surface area contributed by atoms with E-state index in [1.165, 1.54) is 23.1 Å². The predicted octanol–water partition coefficient (Wildman–Crippen LogP) is 9.88. The molecule has 0 nitrogen and oxygen atoms in total. The van der Waals surface area contributed by atoms with E-state index in [1.807, 2.05) is 13.8 Å². The van der Waals surface area contributed by atoms with Crippen molar-refractivity contribution in [2.45, 2.75) is 100 Å². The summed E-state index contributed by atoms with van der Waals surface area (Å²) in [7, 11) is 0. The van der Waals surface area contributed by atoms with Crippen LogP contribution < -0.4 is 0 Å². The summed E-state index contributed by atoms with van der Waals surface area (Å²) >= 11 is 0. The largest absolute Gasteiger partial charge is 0.203 e. The number of halogens is 2. The Balaban J connectivity index is 2.33. The maximum absolute atomic E-state index is 15.3. The van der Waals surface area contributed by atoms with Crippen LogP contribution in [-0.2, 0) is 6.42 Å². The Kier molecular flexibility index (Phi) is 8.71. The number of benzene rings is 2. The van der Waals surface area contributed by atoms with E-state index < -0.39 is 11.6 Å². The van der Waals surface area contributed by atoms with E-state index >= 15 is 4.39 Å². The molecule has 0 aromatic heterocycles. The third-order valence-corrected chi connectivity index (χ3v) is 7.31. The second-order valence-electron chi connectivity index (χ2n) is 11.8. The van der Waals surface area contributed by atoms with Crippen molar-refractivity contribution < 1.29 is 8.78 Å². The van der Waals surface area contributed by atoms with Gasteiger partial charge in [0, 0.05) is 0 Å². The van der Waals surface area contributed by atoms with Crippen molar-refractivity contribution in [2.75, 3.05) is 0 Å². The maximum Gasteiger partial charge on any atom is 0.162 e. The van der Waals surface area contributed by atoms with Crippen LogP contribution in [0.15, 0.2) is 30.8 Å². The highest BCUT2D eigenvalue weighted by molar-refractivity contribution is 5.63. The molecule has 0 fully saturated rings. The molecule has 0 heterocycles. The highest BCUT2D eigenvalue weighted by Crippen LogP contribution is 2.47. The minimum Gasteiger partial charge on any atom is -0.203 e. The Bertz CT molecular complexity index is 942. The molecule has 0 saturated carbocycles. The lowest BCUT2D eigenvalue weighted by molar-refractivity contribution is 0.207. The number of hydrogen-bond acceptors (Lipinski definition) is 0. The smallest absolute Gasteiger partial charge is 0.162 e. The molecule has 2 heteroatoms. The fourth-order valence-electron chi connectivity index (χ4n) is 4.92. The van der Waals surface area contributed by atoms with Crippen molar-refractivity contribution in [3.05, 3.63) is 75.9 Å². The van der Waals surface area contributed by atoms with E-state index in [-0.39, 0.29) is 16.7 Å². The van der Waals surface area contributed by atoms with Gasteiger partial charge in [0.25, 0.3) is 0 Å². The van der Waals surface area contributed by atoms with Gasteiger partial charge in [-0.2, -0.15) is 0 Å². The van der Waals surface area contributed by atoms with Gasteiger partial charge < -0.3 is 0 Å². The van der Waals surface area contributed by atoms with Gasteiger partial charge in [-0.15, -0.1) is 0 Å². The lowest BCUT2D eigenvalue weighted by Crippen LogP contribution is -2.28. The Morgan fingerprint density at radius 2 is 1.45 bits per heavy atom. The Morgan fingerprint density at radius 1 is 0.879 bits per heavy atom. The topological polar surface area (TPSA) is 0 Å². The highest BCUT2D eigenvalue weighted by Gasteiger charge is 2.36. The molecule has 1 atom stereocenters. The van der Waals surface area contributed by atoms with Gasteiger partial charge in [-0.3, -0.25) is 0 Å². The first-order chi connectivity index (χ1) is 15.2. The fraction of sp³-hybridized carbons (Fsp3) is 0.548. The molecule has 0 radical (unpaired) electrons. The van der Waals surface area contributed by atoms with Crippen molar-refractivity contribution in [1.82, 2.24) is 0 Å². The molecule has 0 spiro atoms. The minimum atomic E-state index is -0.695. The van der Waals surface area contributed by atoms with Crippen LogP contribution in [0, 0.1) is 43.2 Å². The highest BCUT2D eigenvalue weighted by atomic mass is 19.2. The van der Waals surface area contributed by atoms with E-state index in [1.54, 1.807) is 6.92 Å². The van der Waals surface area contributed by atoms with E-state index in [4.69, 9.17) is 0 Å². The zero-order valence-electron chi connectivity index (χ0n) is 22.4. The Morgan fingerprint density at radius 3 is 1.97 bits per heavy atom. The van der Waals surface area contributed by atoms with Crippen LogP contribution in [0.25, 0.3) is 5.57 Å². The van der Waals surface area contributed by atoms with E-state index in [2.05, 4.69) is 72.4 Å². The van der Waals surface area contributed by atoms with Gasteiger partial charge in [-0.05, 0) is 102 Å². The van der Waals surface area contributed by atoms with Gasteiger partial charge >= 0.3 is 0 Å². The molecular formula is C31H44F2. The van der Waals surface area contributed by atoms with Crippen molar-refractivity contribution in [3.8, 4) is 0 Å². The number of allylic oxidation sites excluding steroid dienone is 1. The zero-order chi connectivity index (χ0) is 25.1. The van der Waals surface area contributed by atoms with E-state index in [9.17, 15) is 4.39 Å². The molecule has 0 aliphatic rings. The standard InChI is InChI=1S/C31H44F2/c1-11-12-13-20(2)25-16-14-24(15-17-25)18-31(9,10)19-26(30(6,7)8)27-22(4)21(3)23(5)28(32)29(27)33/h14-17,26H,2,11-13,18-19H2,1,3-10H3. The molecule has 0 bridgehead atoms. The van der Waals surface area contributed by atoms with Gasteiger partial charge in [0.2, 0.25) is 0 Å². The first-order valence-corrected chi connectivity index (χ1v) is 12.4. The molecule has 2 aromatic rings. The van der Waals surface area contributed by atoms with Crippen LogP contribution >= 0.6 is 0 Å². The summed E-state index contributed by atoms with van der Waals surface area (Å²) in [6.45, 7) is 22.8. The molecule has 0 saturated heterocycles. The first kappa shape index (κ1) is 27.3. The summed E-state index contributed by atoms with van der Waals surface area (Å²) in [5.41, 5.74) is 6.11. The van der Waals surface area contributed by atoms with Crippen LogP contribution in [0.4, 0.5) is 8.78 Å². The molecule has 0 N–H and O–H groups in total. The summed E-state index contributed by atoms with van der Waals surface area (Å²) in [5, 5.41) is 0. The van der Waals surface area contributed by atoms with Gasteiger partial charge in [0.1, 0.15) is 0 Å². The molecule has 0 amide bonds. The normalized spacial score (nSPS) is 13.3. The van der Waals surface area contributed by atoms with Gasteiger partial charge in [-0.1, -0.05) is 78.8 Å². The zero-order valence-corrected chi connectivity index (χ0v) is 22.4. The lowest BCUT2D eigenvalue weighted by Gasteiger charge is -2.39. The summed E-state index contributed by atoms with van der Waals surface area (Å²) in [6, 6.07) is 8.74. The Hall–Kier alpha value is -1.96. The third kappa shape index (κ3) is 6.55. The average molecular weight is 455 g/mol. The van der Waals surface area contributed by atoms with Gasteiger partial charge in [-0.25, -0.2) is 8.78 Å². The first-order valence-electron chi connectivity index (χ1n) is 12.4. The van der Waals surface area contributed by atoms with Crippen LogP contribution in [0.3, 0.4) is 0 Å². The second kappa shape index (κ2) is 10.5. The quantitative estimate of drug-likeness (QED) is 0.353. The van der Waals surface area contributed by atoms with Crippen LogP contribution in [0.2, 0.25) is 0 Å². The van der Waals surface area contributed by atoms with Crippen molar-refractivity contribution >= 4 is 5.57 Å². The Labute approximate surface area is 201 Å². The molecule has 2 aromatic carbocycles. The SMILES string of the molecule is C=C(CCCC)c1ccc(CC(C)(C)CC(c2c(C)c(C)c(C)c(F)c2F)C(C)(C)C)cc1. The number of hydrogen-bond donors (Lipinski definition) is 0. The van der Waals surface area contributed by atoms with Crippen LogP contribution in [0.1, 0.15) is 107 Å². The molecule has 33 heavy (non-hydrogen) atoms. The fourth-order valence-corrected chi connectivity index (χ4v) is 4.92. The van der Waals surface area contributed by atoms with Gasteiger partial charge in [0.05, 0.1) is 0 Å². The summed E-state index contributed by atoms with van der Waals surface area (Å²) < 4.78 is 30.1. The summed E-state index contributed by atoms with van der Waals surface area (Å²) in [4.78, 5) is 0. The molecule has 1 unspecified atom stereocenters. The summed E-state index contributed by atoms with van der Waals surface area (Å²) in [6.07, 6.45) is 5.03. The molecule has 0 aliphatic carbocycles. The van der Waals surface area contributed by atoms with E-state index in [0.29, 0.717) is 11.1 Å². The molecule has 182 valence electrons. The van der Waals surface area contributed by atoms with Crippen LogP contribution in [0.5, 0.6) is 0 Å². The predicted molar refractivity (Wildman–Crippen MR) is 140 cm³/mol. The minimum absolute atomic E-state index is 0.0766. The maximum atomic E-state index is 15.3.